The lowest BCUT2D eigenvalue weighted by molar-refractivity contribution is -0.155. The van der Waals surface area contributed by atoms with Gasteiger partial charge in [-0.2, -0.15) is 0 Å². The Morgan fingerprint density at radius 2 is 1.83 bits per heavy atom. The highest BCUT2D eigenvalue weighted by Gasteiger charge is 2.50. The van der Waals surface area contributed by atoms with Crippen LogP contribution in [0.25, 0.3) is 0 Å². The minimum absolute atomic E-state index is 0.0155. The van der Waals surface area contributed by atoms with Gasteiger partial charge in [0.2, 0.25) is 5.91 Å². The van der Waals surface area contributed by atoms with E-state index in [1.165, 1.54) is 0 Å². The Labute approximate surface area is 111 Å². The van der Waals surface area contributed by atoms with Crippen molar-refractivity contribution in [3.8, 4) is 0 Å². The molecule has 1 heterocycles. The van der Waals surface area contributed by atoms with Gasteiger partial charge in [0.1, 0.15) is 0 Å². The fraction of sp³-hybridized carbons (Fsp3) is 0.929. The number of amides is 1. The molecule has 0 aliphatic carbocycles. The highest BCUT2D eigenvalue weighted by Crippen LogP contribution is 2.32. The topological polar surface area (TPSA) is 52.6 Å². The second-order valence-electron chi connectivity index (χ2n) is 6.66. The molecule has 2 N–H and O–H groups in total. The molecule has 1 aliphatic rings. The van der Waals surface area contributed by atoms with Gasteiger partial charge < -0.3 is 10.0 Å². The van der Waals surface area contributed by atoms with Gasteiger partial charge in [-0.15, -0.1) is 0 Å². The Kier molecular flexibility index (Phi) is 4.13. The summed E-state index contributed by atoms with van der Waals surface area (Å²) < 4.78 is 0. The second kappa shape index (κ2) is 4.82. The summed E-state index contributed by atoms with van der Waals surface area (Å²) in [4.78, 5) is 14.6. The predicted molar refractivity (Wildman–Crippen MR) is 73.4 cm³/mol. The average Bonchev–Trinajstić information content (AvgIpc) is 2.31. The standard InChI is InChI=1S/C14H28N2O2/c1-7-14(8-2)11(18)16(13(5,6)10-17)9-12(3,4)15-14/h15,17H,7-10H2,1-6H3. The maximum Gasteiger partial charge on any atom is 0.243 e. The van der Waals surface area contributed by atoms with Gasteiger partial charge in [-0.05, 0) is 40.5 Å². The molecule has 18 heavy (non-hydrogen) atoms. The maximum absolute atomic E-state index is 12.8. The van der Waals surface area contributed by atoms with Crippen LogP contribution in [-0.2, 0) is 4.79 Å². The molecule has 0 spiro atoms. The fourth-order valence-electron chi connectivity index (χ4n) is 2.77. The van der Waals surface area contributed by atoms with Crippen molar-refractivity contribution in [2.75, 3.05) is 13.2 Å². The first-order valence-corrected chi connectivity index (χ1v) is 6.86. The van der Waals surface area contributed by atoms with E-state index in [0.717, 1.165) is 12.8 Å². The van der Waals surface area contributed by atoms with Gasteiger partial charge in [-0.1, -0.05) is 13.8 Å². The molecule has 0 aromatic rings. The lowest BCUT2D eigenvalue weighted by Crippen LogP contribution is -2.74. The molecular formula is C14H28N2O2. The molecule has 4 nitrogen and oxygen atoms in total. The molecule has 0 aromatic carbocycles. The lowest BCUT2D eigenvalue weighted by atomic mass is 9.81. The van der Waals surface area contributed by atoms with E-state index in [1.54, 1.807) is 0 Å². The third kappa shape index (κ3) is 2.54. The normalized spacial score (nSPS) is 23.3. The number of carbonyl (C=O) groups excluding carboxylic acids is 1. The summed E-state index contributed by atoms with van der Waals surface area (Å²) in [7, 11) is 0. The summed E-state index contributed by atoms with van der Waals surface area (Å²) in [6, 6.07) is 0. The number of nitrogens with zero attached hydrogens (tertiary/aromatic N) is 1. The summed E-state index contributed by atoms with van der Waals surface area (Å²) in [5.74, 6) is 0.117. The first kappa shape index (κ1) is 15.4. The summed E-state index contributed by atoms with van der Waals surface area (Å²) in [5.41, 5.74) is -1.13. The molecule has 0 atom stereocenters. The van der Waals surface area contributed by atoms with Crippen molar-refractivity contribution in [2.24, 2.45) is 0 Å². The number of hydrogen-bond acceptors (Lipinski definition) is 3. The minimum Gasteiger partial charge on any atom is -0.394 e. The third-order valence-electron chi connectivity index (χ3n) is 4.11. The largest absolute Gasteiger partial charge is 0.394 e. The molecule has 106 valence electrons. The van der Waals surface area contributed by atoms with Gasteiger partial charge in [-0.25, -0.2) is 0 Å². The highest BCUT2D eigenvalue weighted by molar-refractivity contribution is 5.88. The Balaban J connectivity index is 3.17. The van der Waals surface area contributed by atoms with E-state index < -0.39 is 11.1 Å². The van der Waals surface area contributed by atoms with Crippen LogP contribution >= 0.6 is 0 Å². The molecule has 0 aromatic heterocycles. The van der Waals surface area contributed by atoms with Crippen LogP contribution in [0.2, 0.25) is 0 Å². The van der Waals surface area contributed by atoms with Crippen molar-refractivity contribution < 1.29 is 9.90 Å². The maximum atomic E-state index is 12.8. The summed E-state index contributed by atoms with van der Waals surface area (Å²) in [6.45, 7) is 12.8. The van der Waals surface area contributed by atoms with Crippen molar-refractivity contribution in [2.45, 2.75) is 71.0 Å². The van der Waals surface area contributed by atoms with Crippen LogP contribution < -0.4 is 5.32 Å². The van der Waals surface area contributed by atoms with E-state index in [0.29, 0.717) is 6.54 Å². The van der Waals surface area contributed by atoms with Gasteiger partial charge in [0.15, 0.2) is 0 Å². The van der Waals surface area contributed by atoms with Gasteiger partial charge in [-0.3, -0.25) is 10.1 Å². The van der Waals surface area contributed by atoms with Crippen molar-refractivity contribution in [1.82, 2.24) is 10.2 Å². The lowest BCUT2D eigenvalue weighted by Gasteiger charge is -2.54. The number of aliphatic hydroxyl groups excluding tert-OH is 1. The molecular weight excluding hydrogens is 228 g/mol. The van der Waals surface area contributed by atoms with Crippen LogP contribution in [0.3, 0.4) is 0 Å². The molecule has 0 saturated carbocycles. The molecule has 1 saturated heterocycles. The highest BCUT2D eigenvalue weighted by atomic mass is 16.3. The van der Waals surface area contributed by atoms with Crippen LogP contribution in [0, 0.1) is 0 Å². The van der Waals surface area contributed by atoms with Crippen LogP contribution in [0.1, 0.15) is 54.4 Å². The summed E-state index contributed by atoms with van der Waals surface area (Å²) in [5, 5.41) is 13.0. The molecule has 0 radical (unpaired) electrons. The molecule has 0 unspecified atom stereocenters. The first-order chi connectivity index (χ1) is 8.14. The van der Waals surface area contributed by atoms with E-state index in [2.05, 4.69) is 19.2 Å². The van der Waals surface area contributed by atoms with Gasteiger partial charge in [0.25, 0.3) is 0 Å². The van der Waals surface area contributed by atoms with Crippen molar-refractivity contribution in [1.29, 1.82) is 0 Å². The molecule has 1 fully saturated rings. The third-order valence-corrected chi connectivity index (χ3v) is 4.11. The Morgan fingerprint density at radius 1 is 1.33 bits per heavy atom. The molecule has 0 bridgehead atoms. The van der Waals surface area contributed by atoms with E-state index in [-0.39, 0.29) is 18.1 Å². The Hall–Kier alpha value is -0.610. The Morgan fingerprint density at radius 3 is 2.22 bits per heavy atom. The second-order valence-corrected chi connectivity index (χ2v) is 6.66. The zero-order valence-electron chi connectivity index (χ0n) is 12.6. The SMILES string of the molecule is CCC1(CC)NC(C)(C)CN(C(C)(C)CO)C1=O. The van der Waals surface area contributed by atoms with E-state index in [9.17, 15) is 9.90 Å². The van der Waals surface area contributed by atoms with Gasteiger partial charge in [0.05, 0.1) is 17.7 Å². The first-order valence-electron chi connectivity index (χ1n) is 6.86. The summed E-state index contributed by atoms with van der Waals surface area (Å²) in [6.07, 6.45) is 1.54. The zero-order chi connectivity index (χ0) is 14.2. The smallest absolute Gasteiger partial charge is 0.243 e. The monoisotopic (exact) mass is 256 g/mol. The van der Waals surface area contributed by atoms with Crippen molar-refractivity contribution >= 4 is 5.91 Å². The van der Waals surface area contributed by atoms with E-state index >= 15 is 0 Å². The number of piperazine rings is 1. The molecule has 4 heteroatoms. The fourth-order valence-corrected chi connectivity index (χ4v) is 2.77. The number of carbonyl (C=O) groups is 1. The van der Waals surface area contributed by atoms with Crippen LogP contribution in [0.15, 0.2) is 0 Å². The van der Waals surface area contributed by atoms with Crippen molar-refractivity contribution in [3.05, 3.63) is 0 Å². The van der Waals surface area contributed by atoms with E-state index in [1.807, 2.05) is 32.6 Å². The van der Waals surface area contributed by atoms with Gasteiger partial charge >= 0.3 is 0 Å². The van der Waals surface area contributed by atoms with Crippen molar-refractivity contribution in [3.63, 3.8) is 0 Å². The Bertz CT molecular complexity index is 320. The van der Waals surface area contributed by atoms with Gasteiger partial charge in [0, 0.05) is 12.1 Å². The molecule has 1 aliphatic heterocycles. The number of hydrogen-bond donors (Lipinski definition) is 2. The summed E-state index contributed by atoms with van der Waals surface area (Å²) >= 11 is 0. The molecule has 1 amide bonds. The predicted octanol–water partition coefficient (Wildman–Crippen LogP) is 1.53. The zero-order valence-corrected chi connectivity index (χ0v) is 12.6. The van der Waals surface area contributed by atoms with Crippen LogP contribution in [-0.4, -0.2) is 45.7 Å². The van der Waals surface area contributed by atoms with Crippen LogP contribution in [0.5, 0.6) is 0 Å². The van der Waals surface area contributed by atoms with Crippen LogP contribution in [0.4, 0.5) is 0 Å². The average molecular weight is 256 g/mol. The van der Waals surface area contributed by atoms with E-state index in [4.69, 9.17) is 0 Å². The number of aliphatic hydroxyl groups is 1. The molecule has 1 rings (SSSR count). The quantitative estimate of drug-likeness (QED) is 0.802. The number of rotatable bonds is 4. The number of nitrogens with one attached hydrogen (secondary N) is 1. The minimum atomic E-state index is -0.508.